The summed E-state index contributed by atoms with van der Waals surface area (Å²) in [6.45, 7) is 6.47. The van der Waals surface area contributed by atoms with Crippen molar-refractivity contribution < 1.29 is 19.1 Å². The Bertz CT molecular complexity index is 758. The zero-order valence-electron chi connectivity index (χ0n) is 12.7. The molecule has 0 spiro atoms. The Morgan fingerprint density at radius 1 is 1.41 bits per heavy atom. The van der Waals surface area contributed by atoms with Gasteiger partial charge in [0.15, 0.2) is 5.75 Å². The van der Waals surface area contributed by atoms with E-state index in [1.807, 2.05) is 6.07 Å². The van der Waals surface area contributed by atoms with Crippen LogP contribution in [0, 0.1) is 6.92 Å². The molecule has 22 heavy (non-hydrogen) atoms. The molecule has 116 valence electrons. The first-order valence-electron chi connectivity index (χ1n) is 7.13. The van der Waals surface area contributed by atoms with Crippen molar-refractivity contribution in [2.45, 2.75) is 39.0 Å². The third kappa shape index (κ3) is 2.37. The van der Waals surface area contributed by atoms with E-state index in [1.54, 1.807) is 0 Å². The third-order valence-electron chi connectivity index (χ3n) is 4.20. The Balaban J connectivity index is 2.04. The van der Waals surface area contributed by atoms with Crippen LogP contribution in [0.4, 0.5) is 0 Å². The number of aryl methyl sites for hydroxylation is 1. The van der Waals surface area contributed by atoms with Crippen LogP contribution in [0.3, 0.4) is 0 Å². The molecule has 0 aliphatic heterocycles. The van der Waals surface area contributed by atoms with Gasteiger partial charge in [-0.1, -0.05) is 25.4 Å². The van der Waals surface area contributed by atoms with E-state index in [0.29, 0.717) is 10.8 Å². The summed E-state index contributed by atoms with van der Waals surface area (Å²) >= 11 is 6.34. The Morgan fingerprint density at radius 2 is 2.14 bits per heavy atom. The van der Waals surface area contributed by atoms with Gasteiger partial charge in [-0.15, -0.1) is 0 Å². The fourth-order valence-electron chi connectivity index (χ4n) is 3.27. The highest BCUT2D eigenvalue weighted by Crippen LogP contribution is 2.48. The average Bonchev–Trinajstić information content (AvgIpc) is 2.99. The van der Waals surface area contributed by atoms with E-state index < -0.39 is 5.97 Å². The Hall–Kier alpha value is -1.94. The van der Waals surface area contributed by atoms with Gasteiger partial charge in [0.05, 0.1) is 5.02 Å². The normalized spacial score (nSPS) is 15.6. The second-order valence-corrected chi connectivity index (χ2v) is 6.67. The monoisotopic (exact) mass is 320 g/mol. The summed E-state index contributed by atoms with van der Waals surface area (Å²) in [5.41, 5.74) is 3.58. The van der Waals surface area contributed by atoms with Gasteiger partial charge < -0.3 is 14.3 Å². The standard InChI is InChI=1S/C17H17ClO4/c1-9-8-11(18)15(10-6-7-17(2,3)14(9)10)22-13-5-4-12(21-13)16(19)20/h4-5,8H,6-7H2,1-3H3,(H,19,20). The number of rotatable bonds is 3. The van der Waals surface area contributed by atoms with Gasteiger partial charge in [0.1, 0.15) is 0 Å². The molecule has 1 aromatic carbocycles. The number of benzene rings is 1. The minimum Gasteiger partial charge on any atom is -0.475 e. The molecule has 5 heteroatoms. The predicted molar refractivity (Wildman–Crippen MR) is 83.3 cm³/mol. The van der Waals surface area contributed by atoms with Crippen molar-refractivity contribution in [2.75, 3.05) is 0 Å². The van der Waals surface area contributed by atoms with Crippen molar-refractivity contribution in [1.82, 2.24) is 0 Å². The maximum Gasteiger partial charge on any atom is 0.371 e. The summed E-state index contributed by atoms with van der Waals surface area (Å²) in [5.74, 6) is -0.583. The van der Waals surface area contributed by atoms with Crippen LogP contribution >= 0.6 is 11.6 Å². The Kier molecular flexibility index (Phi) is 3.44. The number of carbonyl (C=O) groups is 1. The largest absolute Gasteiger partial charge is 0.475 e. The van der Waals surface area contributed by atoms with E-state index in [2.05, 4.69) is 20.8 Å². The second-order valence-electron chi connectivity index (χ2n) is 6.27. The van der Waals surface area contributed by atoms with Gasteiger partial charge in [0.25, 0.3) is 5.95 Å². The Morgan fingerprint density at radius 3 is 2.77 bits per heavy atom. The molecule has 0 bridgehead atoms. The number of carboxylic acid groups (broad SMARTS) is 1. The molecule has 1 heterocycles. The molecule has 0 saturated carbocycles. The topological polar surface area (TPSA) is 59.7 Å². The van der Waals surface area contributed by atoms with E-state index >= 15 is 0 Å². The van der Waals surface area contributed by atoms with Crippen LogP contribution in [0.5, 0.6) is 11.7 Å². The van der Waals surface area contributed by atoms with Crippen LogP contribution in [0.1, 0.15) is 47.5 Å². The van der Waals surface area contributed by atoms with Crippen molar-refractivity contribution in [1.29, 1.82) is 0 Å². The van der Waals surface area contributed by atoms with Gasteiger partial charge in [-0.05, 0) is 48.4 Å². The minimum atomic E-state index is -1.13. The number of fused-ring (bicyclic) bond motifs is 1. The second kappa shape index (κ2) is 5.06. The lowest BCUT2D eigenvalue weighted by atomic mass is 9.84. The maximum atomic E-state index is 10.9. The number of ether oxygens (including phenoxy) is 1. The number of aromatic carboxylic acids is 1. The smallest absolute Gasteiger partial charge is 0.371 e. The zero-order valence-corrected chi connectivity index (χ0v) is 13.5. The first kappa shape index (κ1) is 15.0. The maximum absolute atomic E-state index is 10.9. The number of carboxylic acids is 1. The van der Waals surface area contributed by atoms with Gasteiger partial charge >= 0.3 is 5.97 Å². The predicted octanol–water partition coefficient (Wildman–Crippen LogP) is 4.96. The highest BCUT2D eigenvalue weighted by atomic mass is 35.5. The van der Waals surface area contributed by atoms with Crippen LogP contribution < -0.4 is 4.74 Å². The van der Waals surface area contributed by atoms with E-state index in [1.165, 1.54) is 17.7 Å². The molecule has 0 atom stereocenters. The fraction of sp³-hybridized carbons (Fsp3) is 0.353. The summed E-state index contributed by atoms with van der Waals surface area (Å²) in [4.78, 5) is 10.9. The zero-order chi connectivity index (χ0) is 16.1. The molecular weight excluding hydrogens is 304 g/mol. The van der Waals surface area contributed by atoms with Gasteiger partial charge in [0, 0.05) is 11.6 Å². The molecule has 0 radical (unpaired) electrons. The number of hydrogen-bond donors (Lipinski definition) is 1. The molecule has 1 aliphatic rings. The van der Waals surface area contributed by atoms with Crippen LogP contribution in [0.2, 0.25) is 5.02 Å². The number of furan rings is 1. The molecular formula is C17H17ClO4. The SMILES string of the molecule is Cc1cc(Cl)c(Oc2ccc(C(=O)O)o2)c2c1C(C)(C)CC2. The van der Waals surface area contributed by atoms with Crippen LogP contribution in [-0.2, 0) is 11.8 Å². The van der Waals surface area contributed by atoms with Crippen molar-refractivity contribution in [3.63, 3.8) is 0 Å². The molecule has 1 aliphatic carbocycles. The first-order chi connectivity index (χ1) is 10.3. The van der Waals surface area contributed by atoms with Crippen LogP contribution in [0.15, 0.2) is 22.6 Å². The molecule has 4 nitrogen and oxygen atoms in total. The third-order valence-corrected chi connectivity index (χ3v) is 4.48. The van der Waals surface area contributed by atoms with Gasteiger partial charge in [-0.25, -0.2) is 4.79 Å². The van der Waals surface area contributed by atoms with Crippen molar-refractivity contribution in [3.05, 3.63) is 45.7 Å². The molecule has 3 rings (SSSR count). The average molecular weight is 321 g/mol. The van der Waals surface area contributed by atoms with Gasteiger partial charge in [0.2, 0.25) is 5.76 Å². The molecule has 0 amide bonds. The summed E-state index contributed by atoms with van der Waals surface area (Å²) in [5, 5.41) is 9.42. The van der Waals surface area contributed by atoms with Crippen molar-refractivity contribution in [2.24, 2.45) is 0 Å². The van der Waals surface area contributed by atoms with E-state index in [4.69, 9.17) is 25.9 Å². The van der Waals surface area contributed by atoms with Crippen LogP contribution in [0.25, 0.3) is 0 Å². The van der Waals surface area contributed by atoms with E-state index in [-0.39, 0.29) is 17.1 Å². The summed E-state index contributed by atoms with van der Waals surface area (Å²) in [7, 11) is 0. The van der Waals surface area contributed by atoms with E-state index in [9.17, 15) is 4.79 Å². The molecule has 1 N–H and O–H groups in total. The van der Waals surface area contributed by atoms with E-state index in [0.717, 1.165) is 24.0 Å². The lowest BCUT2D eigenvalue weighted by molar-refractivity contribution is 0.0657. The Labute approximate surface area is 133 Å². The summed E-state index contributed by atoms with van der Waals surface area (Å²) < 4.78 is 10.9. The number of hydrogen-bond acceptors (Lipinski definition) is 3. The highest BCUT2D eigenvalue weighted by Gasteiger charge is 2.35. The lowest BCUT2D eigenvalue weighted by Gasteiger charge is -2.22. The lowest BCUT2D eigenvalue weighted by Crippen LogP contribution is -2.13. The molecule has 0 fully saturated rings. The highest BCUT2D eigenvalue weighted by molar-refractivity contribution is 6.32. The van der Waals surface area contributed by atoms with Crippen molar-refractivity contribution in [3.8, 4) is 11.7 Å². The first-order valence-corrected chi connectivity index (χ1v) is 7.51. The summed E-state index contributed by atoms with van der Waals surface area (Å²) in [6, 6.07) is 4.75. The molecule has 1 aromatic heterocycles. The summed E-state index contributed by atoms with van der Waals surface area (Å²) in [6.07, 6.45) is 1.91. The molecule has 0 unspecified atom stereocenters. The molecule has 2 aromatic rings. The number of halogens is 1. The fourth-order valence-corrected chi connectivity index (χ4v) is 3.58. The van der Waals surface area contributed by atoms with Gasteiger partial charge in [-0.2, -0.15) is 0 Å². The van der Waals surface area contributed by atoms with Crippen LogP contribution in [-0.4, -0.2) is 11.1 Å². The minimum absolute atomic E-state index is 0.0809. The molecule has 0 saturated heterocycles. The van der Waals surface area contributed by atoms with Crippen molar-refractivity contribution >= 4 is 17.6 Å². The van der Waals surface area contributed by atoms with Gasteiger partial charge in [-0.3, -0.25) is 0 Å². The quantitative estimate of drug-likeness (QED) is 0.868.